The highest BCUT2D eigenvalue weighted by Gasteiger charge is 2.38. The highest BCUT2D eigenvalue weighted by atomic mass is 19.4. The highest BCUT2D eigenvalue weighted by Crippen LogP contribution is 2.15. The predicted octanol–water partition coefficient (Wildman–Crippen LogP) is 2.98. The van der Waals surface area contributed by atoms with E-state index in [1.807, 2.05) is 13.8 Å². The Bertz CT molecular complexity index is 1610. The smallest absolute Gasteiger partial charge is 0.475 e. The van der Waals surface area contributed by atoms with Gasteiger partial charge in [-0.1, -0.05) is 12.1 Å². The largest absolute Gasteiger partial charge is 0.490 e. The molecule has 38 heavy (non-hydrogen) atoms. The molecule has 0 atom stereocenters. The van der Waals surface area contributed by atoms with Gasteiger partial charge >= 0.3 is 23.8 Å². The van der Waals surface area contributed by atoms with E-state index in [0.717, 1.165) is 6.07 Å². The van der Waals surface area contributed by atoms with Crippen LogP contribution < -0.4 is 11.2 Å². The number of aromatic nitrogens is 5. The van der Waals surface area contributed by atoms with Gasteiger partial charge in [-0.25, -0.2) is 33.0 Å². The van der Waals surface area contributed by atoms with Crippen LogP contribution in [0.5, 0.6) is 0 Å². The number of ether oxygens (including phenoxy) is 1. The first-order valence-corrected chi connectivity index (χ1v) is 10.7. The summed E-state index contributed by atoms with van der Waals surface area (Å²) in [6.07, 6.45) is -3.70. The van der Waals surface area contributed by atoms with Gasteiger partial charge in [-0.3, -0.25) is 4.79 Å². The molecule has 0 bridgehead atoms. The Balaban J connectivity index is 0.000000505. The SMILES string of the molecule is CC(C)n1ncnc1COC(=O)c1ccc2c(=O)n(-c3ccccc3F)c(=O)[nH]c2c1.O=C(O)C(F)(F)F. The van der Waals surface area contributed by atoms with Gasteiger partial charge in [-0.15, -0.1) is 0 Å². The number of nitrogens with zero attached hydrogens (tertiary/aromatic N) is 4. The van der Waals surface area contributed by atoms with Gasteiger partial charge in [0, 0.05) is 6.04 Å². The Kier molecular flexibility index (Phi) is 8.08. The van der Waals surface area contributed by atoms with Crippen LogP contribution in [0.4, 0.5) is 17.6 Å². The van der Waals surface area contributed by atoms with E-state index in [-0.39, 0.29) is 34.8 Å². The van der Waals surface area contributed by atoms with Crippen LogP contribution in [0.3, 0.4) is 0 Å². The zero-order valence-corrected chi connectivity index (χ0v) is 19.7. The first kappa shape index (κ1) is 27.8. The number of carboxylic acid groups (broad SMARTS) is 1. The van der Waals surface area contributed by atoms with Crippen molar-refractivity contribution in [2.75, 3.05) is 0 Å². The van der Waals surface area contributed by atoms with Gasteiger partial charge < -0.3 is 14.8 Å². The molecule has 0 aliphatic carbocycles. The third kappa shape index (κ3) is 6.11. The topological polar surface area (TPSA) is 149 Å². The number of carboxylic acids is 1. The fourth-order valence-corrected chi connectivity index (χ4v) is 3.22. The molecular weight excluding hydrogens is 518 g/mol. The number of carbonyl (C=O) groups excluding carboxylic acids is 1. The maximum Gasteiger partial charge on any atom is 0.490 e. The predicted molar refractivity (Wildman–Crippen MR) is 123 cm³/mol. The van der Waals surface area contributed by atoms with Crippen molar-refractivity contribution >= 4 is 22.8 Å². The van der Waals surface area contributed by atoms with E-state index >= 15 is 0 Å². The van der Waals surface area contributed by atoms with Crippen molar-refractivity contribution in [2.45, 2.75) is 32.7 Å². The first-order valence-electron chi connectivity index (χ1n) is 10.7. The van der Waals surface area contributed by atoms with Gasteiger partial charge in [0.25, 0.3) is 5.56 Å². The van der Waals surface area contributed by atoms with Crippen molar-refractivity contribution < 1.29 is 37.0 Å². The standard InChI is InChI=1S/C21H18FN5O4.C2HF3O2/c1-12(2)27-18(23-11-24-27)10-31-20(29)13-7-8-14-16(9-13)25-21(30)26(19(14)28)17-6-4-3-5-15(17)22;3-2(4,5)1(6)7/h3-9,11-12H,10H2,1-2H3,(H,25,30);(H,6,7). The van der Waals surface area contributed by atoms with E-state index in [2.05, 4.69) is 15.1 Å². The minimum atomic E-state index is -5.08. The van der Waals surface area contributed by atoms with Gasteiger partial charge in [-0.2, -0.15) is 18.3 Å². The number of hydrogen-bond donors (Lipinski definition) is 2. The third-order valence-corrected chi connectivity index (χ3v) is 4.94. The van der Waals surface area contributed by atoms with Gasteiger partial charge in [0.15, 0.2) is 12.4 Å². The van der Waals surface area contributed by atoms with Crippen LogP contribution in [0, 0.1) is 5.82 Å². The summed E-state index contributed by atoms with van der Waals surface area (Å²) in [5.74, 6) is -3.62. The highest BCUT2D eigenvalue weighted by molar-refractivity contribution is 5.94. The molecule has 15 heteroatoms. The Morgan fingerprint density at radius 3 is 2.39 bits per heavy atom. The summed E-state index contributed by atoms with van der Waals surface area (Å²) in [7, 11) is 0. The van der Waals surface area contributed by atoms with Crippen LogP contribution in [0.1, 0.15) is 36.1 Å². The van der Waals surface area contributed by atoms with Crippen LogP contribution in [0.15, 0.2) is 58.4 Å². The Morgan fingerprint density at radius 1 is 1.13 bits per heavy atom. The molecule has 0 saturated carbocycles. The normalized spacial score (nSPS) is 11.2. The molecule has 0 saturated heterocycles. The minimum Gasteiger partial charge on any atom is -0.475 e. The second-order valence-electron chi connectivity index (χ2n) is 7.88. The number of esters is 1. The van der Waals surface area contributed by atoms with Crippen molar-refractivity contribution in [3.8, 4) is 5.69 Å². The Morgan fingerprint density at radius 2 is 1.79 bits per heavy atom. The summed E-state index contributed by atoms with van der Waals surface area (Å²) >= 11 is 0. The molecule has 2 heterocycles. The fraction of sp³-hybridized carbons (Fsp3) is 0.217. The molecule has 0 amide bonds. The van der Waals surface area contributed by atoms with Gasteiger partial charge in [0.1, 0.15) is 12.1 Å². The number of alkyl halides is 3. The summed E-state index contributed by atoms with van der Waals surface area (Å²) in [4.78, 5) is 53.2. The number of fused-ring (bicyclic) bond motifs is 1. The summed E-state index contributed by atoms with van der Waals surface area (Å²) in [5.41, 5.74) is -1.40. The molecule has 0 spiro atoms. The van der Waals surface area contributed by atoms with E-state index in [9.17, 15) is 31.9 Å². The van der Waals surface area contributed by atoms with Crippen LogP contribution in [-0.4, -0.2) is 47.5 Å². The number of benzene rings is 2. The molecule has 4 aromatic rings. The second-order valence-corrected chi connectivity index (χ2v) is 7.88. The minimum absolute atomic E-state index is 0.0542. The molecule has 2 aromatic heterocycles. The lowest BCUT2D eigenvalue weighted by Gasteiger charge is -2.10. The van der Waals surface area contributed by atoms with Crippen LogP contribution in [-0.2, 0) is 16.1 Å². The number of hydrogen-bond acceptors (Lipinski definition) is 7. The lowest BCUT2D eigenvalue weighted by molar-refractivity contribution is -0.192. The molecule has 4 rings (SSSR count). The van der Waals surface area contributed by atoms with E-state index < -0.39 is 35.2 Å². The molecule has 11 nitrogen and oxygen atoms in total. The molecule has 0 aliphatic heterocycles. The average molecular weight is 537 g/mol. The zero-order valence-electron chi connectivity index (χ0n) is 19.7. The molecule has 200 valence electrons. The second kappa shape index (κ2) is 11.1. The van der Waals surface area contributed by atoms with Gasteiger partial charge in [0.05, 0.1) is 22.2 Å². The van der Waals surface area contributed by atoms with Crippen molar-refractivity contribution in [2.24, 2.45) is 0 Å². The Hall–Kier alpha value is -4.82. The lowest BCUT2D eigenvalue weighted by atomic mass is 10.1. The van der Waals surface area contributed by atoms with E-state index in [1.165, 1.54) is 42.7 Å². The van der Waals surface area contributed by atoms with Crippen molar-refractivity contribution in [3.63, 3.8) is 0 Å². The van der Waals surface area contributed by atoms with Crippen molar-refractivity contribution in [3.05, 3.63) is 86.8 Å². The number of halogens is 4. The number of rotatable bonds is 5. The van der Waals surface area contributed by atoms with E-state index in [0.29, 0.717) is 10.4 Å². The van der Waals surface area contributed by atoms with Crippen molar-refractivity contribution in [1.29, 1.82) is 0 Å². The van der Waals surface area contributed by atoms with Gasteiger partial charge in [-0.05, 0) is 44.2 Å². The molecule has 2 aromatic carbocycles. The summed E-state index contributed by atoms with van der Waals surface area (Å²) in [5, 5.41) is 11.3. The zero-order chi connectivity index (χ0) is 28.2. The van der Waals surface area contributed by atoms with E-state index in [4.69, 9.17) is 14.6 Å². The first-order chi connectivity index (χ1) is 17.8. The number of aromatic amines is 1. The molecule has 2 N–H and O–H groups in total. The average Bonchev–Trinajstić information content (AvgIpc) is 3.32. The summed E-state index contributed by atoms with van der Waals surface area (Å²) in [6.45, 7) is 3.77. The quantitative estimate of drug-likeness (QED) is 0.292. The summed E-state index contributed by atoms with van der Waals surface area (Å²) < 4.78 is 53.5. The molecular formula is C23H19F4N5O6. The molecule has 0 aliphatic rings. The molecule has 0 unspecified atom stereocenters. The number of para-hydroxylation sites is 1. The van der Waals surface area contributed by atoms with Crippen molar-refractivity contribution in [1.82, 2.24) is 24.3 Å². The number of nitrogens with one attached hydrogen (secondary N) is 1. The maximum absolute atomic E-state index is 14.1. The number of carbonyl (C=O) groups is 2. The monoisotopic (exact) mass is 537 g/mol. The van der Waals surface area contributed by atoms with Crippen LogP contribution in [0.2, 0.25) is 0 Å². The summed E-state index contributed by atoms with van der Waals surface area (Å²) in [6, 6.07) is 9.66. The van der Waals surface area contributed by atoms with E-state index in [1.54, 1.807) is 4.68 Å². The Labute approximate surface area is 209 Å². The number of aliphatic carboxylic acids is 1. The molecule has 0 radical (unpaired) electrons. The lowest BCUT2D eigenvalue weighted by Crippen LogP contribution is -2.34. The van der Waals surface area contributed by atoms with Gasteiger partial charge in [0.2, 0.25) is 0 Å². The van der Waals surface area contributed by atoms with Crippen LogP contribution in [0.25, 0.3) is 16.6 Å². The van der Waals surface area contributed by atoms with Crippen LogP contribution >= 0.6 is 0 Å². The maximum atomic E-state index is 14.1. The fourth-order valence-electron chi connectivity index (χ4n) is 3.22. The molecule has 0 fully saturated rings. The third-order valence-electron chi connectivity index (χ3n) is 4.94. The number of H-pyrrole nitrogens is 1.